The monoisotopic (exact) mass is 213 g/mol. The van der Waals surface area contributed by atoms with Gasteiger partial charge in [-0.25, -0.2) is 0 Å². The van der Waals surface area contributed by atoms with Gasteiger partial charge in [-0.2, -0.15) is 0 Å². The number of benzene rings is 1. The van der Waals surface area contributed by atoms with E-state index >= 15 is 0 Å². The van der Waals surface area contributed by atoms with Crippen LogP contribution in [0.4, 0.5) is 0 Å². The number of imidazole rings is 1. The number of aromatic nitrogens is 2. The van der Waals surface area contributed by atoms with E-state index in [9.17, 15) is 0 Å². The van der Waals surface area contributed by atoms with Gasteiger partial charge in [0.1, 0.15) is 0 Å². The molecule has 1 aromatic carbocycles. The van der Waals surface area contributed by atoms with E-state index in [0.29, 0.717) is 4.77 Å². The number of hydrogen-bond acceptors (Lipinski definition) is 1. The Labute approximate surface area is 81.8 Å². The molecule has 0 saturated heterocycles. The number of rotatable bonds is 0. The maximum atomic E-state index is 4.85. The number of fused-ring (bicyclic) bond motifs is 1. The first kappa shape index (κ1) is 8.63. The zero-order valence-corrected chi connectivity index (χ0v) is 9.66. The van der Waals surface area contributed by atoms with Crippen molar-refractivity contribution in [3.8, 4) is 0 Å². The SMILES string of the molecule is S=c1[n-]c2ccccc2[nH]1.[Zn]. The molecule has 2 aromatic rings. The molecule has 1 heterocycles. The maximum absolute atomic E-state index is 4.85. The molecule has 0 aliphatic rings. The third-order valence-electron chi connectivity index (χ3n) is 1.37. The minimum absolute atomic E-state index is 0. The van der Waals surface area contributed by atoms with E-state index in [2.05, 4.69) is 9.97 Å². The Balaban J connectivity index is 0.000000605. The van der Waals surface area contributed by atoms with Gasteiger partial charge < -0.3 is 9.97 Å². The summed E-state index contributed by atoms with van der Waals surface area (Å²) in [5.74, 6) is 0. The first-order chi connectivity index (χ1) is 4.86. The molecule has 52 valence electrons. The fourth-order valence-electron chi connectivity index (χ4n) is 0.929. The minimum Gasteiger partial charge on any atom is -0.448 e. The molecule has 11 heavy (non-hydrogen) atoms. The number of nitrogens with one attached hydrogen (secondary N) is 1. The average molecular weight is 215 g/mol. The van der Waals surface area contributed by atoms with Crippen LogP contribution in [0.1, 0.15) is 0 Å². The summed E-state index contributed by atoms with van der Waals surface area (Å²) in [7, 11) is 0. The fraction of sp³-hybridized carbons (Fsp3) is 0. The van der Waals surface area contributed by atoms with Crippen molar-refractivity contribution in [2.75, 3.05) is 0 Å². The molecule has 0 spiro atoms. The molecule has 0 bridgehead atoms. The smallest absolute Gasteiger partial charge is 0.00722 e. The second kappa shape index (κ2) is 3.29. The summed E-state index contributed by atoms with van der Waals surface area (Å²) in [6, 6.07) is 7.78. The Bertz CT molecular complexity index is 368. The molecule has 0 saturated carbocycles. The largest absolute Gasteiger partial charge is 0.448 e. The summed E-state index contributed by atoms with van der Waals surface area (Å²) in [5, 5.41) is 0. The zero-order chi connectivity index (χ0) is 6.97. The van der Waals surface area contributed by atoms with Gasteiger partial charge in [-0.3, -0.25) is 0 Å². The van der Waals surface area contributed by atoms with Crippen molar-refractivity contribution in [2.45, 2.75) is 0 Å². The molecular weight excluding hydrogens is 210 g/mol. The standard InChI is InChI=1S/C7H6N2S.Zn/c10-7-8-5-3-1-2-4-6(5)9-7;/h1-4H,(H2,8,9,10);/p-1. The van der Waals surface area contributed by atoms with Crippen LogP contribution >= 0.6 is 12.2 Å². The molecule has 0 atom stereocenters. The molecular formula is C7H5N2SZn-. The topological polar surface area (TPSA) is 29.9 Å². The van der Waals surface area contributed by atoms with Gasteiger partial charge in [-0.1, -0.05) is 36.5 Å². The molecule has 1 aromatic heterocycles. The fourth-order valence-corrected chi connectivity index (χ4v) is 1.14. The summed E-state index contributed by atoms with van der Waals surface area (Å²) in [6.07, 6.45) is 0. The van der Waals surface area contributed by atoms with E-state index in [1.165, 1.54) is 0 Å². The van der Waals surface area contributed by atoms with Crippen LogP contribution in [0, 0.1) is 4.77 Å². The van der Waals surface area contributed by atoms with E-state index in [-0.39, 0.29) is 19.5 Å². The first-order valence-corrected chi connectivity index (χ1v) is 3.39. The molecule has 1 N–H and O–H groups in total. The number of nitrogens with zero attached hydrogens (tertiary/aromatic N) is 1. The Kier molecular flexibility index (Phi) is 2.58. The molecule has 4 heteroatoms. The quantitative estimate of drug-likeness (QED) is 0.536. The van der Waals surface area contributed by atoms with Crippen LogP contribution in [-0.4, -0.2) is 4.98 Å². The normalized spacial score (nSPS) is 9.45. The number of hydrogen-bond donors (Lipinski definition) is 1. The Morgan fingerprint density at radius 1 is 1.27 bits per heavy atom. The van der Waals surface area contributed by atoms with E-state index in [4.69, 9.17) is 12.2 Å². The Hall–Kier alpha value is -0.467. The van der Waals surface area contributed by atoms with Crippen LogP contribution in [-0.2, 0) is 19.5 Å². The second-order valence-electron chi connectivity index (χ2n) is 2.06. The van der Waals surface area contributed by atoms with Crippen LogP contribution in [0.5, 0.6) is 0 Å². The van der Waals surface area contributed by atoms with Crippen molar-refractivity contribution in [3.05, 3.63) is 29.0 Å². The summed E-state index contributed by atoms with van der Waals surface area (Å²) in [4.78, 5) is 7.03. The summed E-state index contributed by atoms with van der Waals surface area (Å²) in [5.41, 5.74) is 1.94. The molecule has 2 rings (SSSR count). The predicted molar refractivity (Wildman–Crippen MR) is 42.5 cm³/mol. The van der Waals surface area contributed by atoms with Crippen molar-refractivity contribution in [2.24, 2.45) is 0 Å². The Morgan fingerprint density at radius 2 is 2.00 bits per heavy atom. The molecule has 0 aliphatic heterocycles. The molecule has 0 unspecified atom stereocenters. The minimum atomic E-state index is 0. The van der Waals surface area contributed by atoms with Crippen molar-refractivity contribution < 1.29 is 19.5 Å². The molecule has 2 nitrogen and oxygen atoms in total. The van der Waals surface area contributed by atoms with Crippen molar-refractivity contribution in [1.82, 2.24) is 9.97 Å². The summed E-state index contributed by atoms with van der Waals surface area (Å²) >= 11 is 4.85. The van der Waals surface area contributed by atoms with Gasteiger partial charge in [0.2, 0.25) is 0 Å². The molecule has 0 radical (unpaired) electrons. The Morgan fingerprint density at radius 3 is 2.73 bits per heavy atom. The van der Waals surface area contributed by atoms with Gasteiger partial charge in [-0.15, -0.1) is 0 Å². The van der Waals surface area contributed by atoms with Gasteiger partial charge in [0.15, 0.2) is 0 Å². The number of H-pyrrole nitrogens is 1. The predicted octanol–water partition coefficient (Wildman–Crippen LogP) is 1.85. The third kappa shape index (κ3) is 1.58. The van der Waals surface area contributed by atoms with Crippen molar-refractivity contribution in [1.29, 1.82) is 0 Å². The van der Waals surface area contributed by atoms with E-state index in [1.54, 1.807) is 0 Å². The third-order valence-corrected chi connectivity index (χ3v) is 1.56. The van der Waals surface area contributed by atoms with Gasteiger partial charge in [0, 0.05) is 24.2 Å². The summed E-state index contributed by atoms with van der Waals surface area (Å²) in [6.45, 7) is 0. The molecule has 0 aliphatic carbocycles. The van der Waals surface area contributed by atoms with Gasteiger partial charge >= 0.3 is 0 Å². The van der Waals surface area contributed by atoms with E-state index in [1.807, 2.05) is 24.3 Å². The second-order valence-corrected chi connectivity index (χ2v) is 2.45. The van der Waals surface area contributed by atoms with E-state index in [0.717, 1.165) is 11.0 Å². The van der Waals surface area contributed by atoms with Crippen LogP contribution in [0.3, 0.4) is 0 Å². The van der Waals surface area contributed by atoms with Gasteiger partial charge in [0.25, 0.3) is 0 Å². The van der Waals surface area contributed by atoms with Crippen LogP contribution < -0.4 is 4.98 Å². The van der Waals surface area contributed by atoms with Gasteiger partial charge in [0.05, 0.1) is 0 Å². The van der Waals surface area contributed by atoms with Crippen molar-refractivity contribution >= 4 is 23.3 Å². The van der Waals surface area contributed by atoms with Gasteiger partial charge in [-0.05, 0) is 11.0 Å². The maximum Gasteiger partial charge on any atom is 0.00722 e. The number of para-hydroxylation sites is 2. The molecule has 0 amide bonds. The number of aromatic amines is 1. The van der Waals surface area contributed by atoms with Crippen LogP contribution in [0.25, 0.3) is 11.0 Å². The van der Waals surface area contributed by atoms with Crippen LogP contribution in [0.15, 0.2) is 24.3 Å². The summed E-state index contributed by atoms with van der Waals surface area (Å²) < 4.78 is 0.557. The molecule has 0 fully saturated rings. The van der Waals surface area contributed by atoms with E-state index < -0.39 is 0 Å². The van der Waals surface area contributed by atoms with Crippen LogP contribution in [0.2, 0.25) is 0 Å². The average Bonchev–Trinajstić information content (AvgIpc) is 2.27. The van der Waals surface area contributed by atoms with Crippen molar-refractivity contribution in [3.63, 3.8) is 0 Å². The zero-order valence-electron chi connectivity index (χ0n) is 5.87. The first-order valence-electron chi connectivity index (χ1n) is 2.98.